The van der Waals surface area contributed by atoms with E-state index < -0.39 is 0 Å². The Morgan fingerprint density at radius 3 is 2.36 bits per heavy atom. The SMILES string of the molecule is CCC(C)COc1ccc2c(c1)N(C(C)C1CCC1)C(C)N2C(C)C. The lowest BCUT2D eigenvalue weighted by Crippen LogP contribution is -2.51. The Hall–Kier alpha value is -1.38. The average molecular weight is 345 g/mol. The van der Waals surface area contributed by atoms with Crippen LogP contribution in [0.3, 0.4) is 0 Å². The maximum Gasteiger partial charge on any atom is 0.121 e. The number of nitrogens with zero attached hydrogens (tertiary/aromatic N) is 2. The van der Waals surface area contributed by atoms with Crippen molar-refractivity contribution < 1.29 is 4.74 Å². The zero-order valence-corrected chi connectivity index (χ0v) is 17.0. The summed E-state index contributed by atoms with van der Waals surface area (Å²) in [5.41, 5.74) is 2.73. The monoisotopic (exact) mass is 344 g/mol. The van der Waals surface area contributed by atoms with Gasteiger partial charge in [0.1, 0.15) is 5.75 Å². The standard InChI is InChI=1S/C22H36N2O/c1-7-16(4)14-25-20-11-12-21-22(13-20)24(17(5)19-9-8-10-19)18(6)23(21)15(2)3/h11-13,15-19H,7-10,14H2,1-6H3. The minimum Gasteiger partial charge on any atom is -0.493 e. The van der Waals surface area contributed by atoms with Gasteiger partial charge in [-0.2, -0.15) is 0 Å². The van der Waals surface area contributed by atoms with Crippen molar-refractivity contribution in [1.29, 1.82) is 0 Å². The van der Waals surface area contributed by atoms with Crippen molar-refractivity contribution in [2.75, 3.05) is 16.4 Å². The lowest BCUT2D eigenvalue weighted by Gasteiger charge is -2.42. The van der Waals surface area contributed by atoms with Crippen molar-refractivity contribution in [2.24, 2.45) is 11.8 Å². The van der Waals surface area contributed by atoms with Crippen molar-refractivity contribution in [2.45, 2.75) is 85.5 Å². The molecule has 0 radical (unpaired) electrons. The first-order valence-corrected chi connectivity index (χ1v) is 10.3. The molecular formula is C22H36N2O. The van der Waals surface area contributed by atoms with Crippen LogP contribution >= 0.6 is 0 Å². The minimum absolute atomic E-state index is 0.412. The summed E-state index contributed by atoms with van der Waals surface area (Å²) in [6, 6.07) is 7.80. The maximum absolute atomic E-state index is 6.10. The zero-order chi connectivity index (χ0) is 18.1. The molecule has 3 unspecified atom stereocenters. The third-order valence-electron chi connectivity index (χ3n) is 6.37. The average Bonchev–Trinajstić information content (AvgIpc) is 2.81. The molecule has 3 nitrogen and oxygen atoms in total. The van der Waals surface area contributed by atoms with E-state index in [1.54, 1.807) is 0 Å². The largest absolute Gasteiger partial charge is 0.493 e. The fourth-order valence-electron chi connectivity index (χ4n) is 4.33. The summed E-state index contributed by atoms with van der Waals surface area (Å²) < 4.78 is 6.10. The van der Waals surface area contributed by atoms with Gasteiger partial charge in [0.15, 0.2) is 0 Å². The molecule has 1 aromatic carbocycles. The predicted octanol–water partition coefficient (Wildman–Crippen LogP) is 5.68. The van der Waals surface area contributed by atoms with Crippen LogP contribution in [0.4, 0.5) is 11.4 Å². The van der Waals surface area contributed by atoms with Crippen molar-refractivity contribution >= 4 is 11.4 Å². The van der Waals surface area contributed by atoms with Crippen LogP contribution in [0.2, 0.25) is 0 Å². The fraction of sp³-hybridized carbons (Fsp3) is 0.727. The lowest BCUT2D eigenvalue weighted by molar-refractivity contribution is 0.253. The van der Waals surface area contributed by atoms with Gasteiger partial charge in [-0.05, 0) is 64.5 Å². The smallest absolute Gasteiger partial charge is 0.121 e. The quantitative estimate of drug-likeness (QED) is 0.633. The molecule has 0 spiro atoms. The third-order valence-corrected chi connectivity index (χ3v) is 6.37. The van der Waals surface area contributed by atoms with Crippen molar-refractivity contribution in [3.05, 3.63) is 18.2 Å². The maximum atomic E-state index is 6.10. The predicted molar refractivity (Wildman–Crippen MR) is 108 cm³/mol. The van der Waals surface area contributed by atoms with Crippen LogP contribution in [0, 0.1) is 11.8 Å². The van der Waals surface area contributed by atoms with Crippen LogP contribution in [-0.2, 0) is 0 Å². The molecule has 1 aromatic rings. The Morgan fingerprint density at radius 2 is 1.80 bits per heavy atom. The number of anilines is 2. The van der Waals surface area contributed by atoms with Crippen molar-refractivity contribution in [3.63, 3.8) is 0 Å². The van der Waals surface area contributed by atoms with E-state index in [2.05, 4.69) is 69.5 Å². The van der Waals surface area contributed by atoms with Crippen molar-refractivity contribution in [3.8, 4) is 5.75 Å². The highest BCUT2D eigenvalue weighted by molar-refractivity contribution is 5.79. The summed E-state index contributed by atoms with van der Waals surface area (Å²) in [5.74, 6) is 2.46. The molecular weight excluding hydrogens is 308 g/mol. The number of hydrogen-bond donors (Lipinski definition) is 0. The van der Waals surface area contributed by atoms with Crippen LogP contribution < -0.4 is 14.5 Å². The molecule has 2 aliphatic rings. The van der Waals surface area contributed by atoms with Crippen LogP contribution in [0.25, 0.3) is 0 Å². The van der Waals surface area contributed by atoms with Crippen LogP contribution in [0.15, 0.2) is 18.2 Å². The van der Waals surface area contributed by atoms with E-state index in [-0.39, 0.29) is 0 Å². The van der Waals surface area contributed by atoms with Gasteiger partial charge < -0.3 is 14.5 Å². The van der Waals surface area contributed by atoms with Gasteiger partial charge in [0.2, 0.25) is 0 Å². The van der Waals surface area contributed by atoms with Crippen LogP contribution in [0.1, 0.15) is 67.2 Å². The van der Waals surface area contributed by atoms with E-state index >= 15 is 0 Å². The van der Waals surface area contributed by atoms with Gasteiger partial charge in [-0.15, -0.1) is 0 Å². The molecule has 25 heavy (non-hydrogen) atoms. The highest BCUT2D eigenvalue weighted by Gasteiger charge is 2.40. The normalized spacial score (nSPS) is 22.8. The molecule has 0 N–H and O–H groups in total. The second-order valence-electron chi connectivity index (χ2n) is 8.45. The topological polar surface area (TPSA) is 15.7 Å². The first-order chi connectivity index (χ1) is 11.9. The van der Waals surface area contributed by atoms with Crippen LogP contribution in [-0.4, -0.2) is 24.9 Å². The summed E-state index contributed by atoms with van der Waals surface area (Å²) in [6.45, 7) is 14.6. The van der Waals surface area contributed by atoms with E-state index in [9.17, 15) is 0 Å². The first-order valence-electron chi connectivity index (χ1n) is 10.3. The number of benzene rings is 1. The van der Waals surface area contributed by atoms with E-state index in [1.165, 1.54) is 30.6 Å². The van der Waals surface area contributed by atoms with E-state index in [4.69, 9.17) is 4.74 Å². The molecule has 3 atom stereocenters. The van der Waals surface area contributed by atoms with Crippen molar-refractivity contribution in [1.82, 2.24) is 0 Å². The summed E-state index contributed by atoms with van der Waals surface area (Å²) in [4.78, 5) is 5.21. The Morgan fingerprint density at radius 1 is 1.08 bits per heavy atom. The van der Waals surface area contributed by atoms with Gasteiger partial charge in [-0.3, -0.25) is 0 Å². The summed E-state index contributed by atoms with van der Waals surface area (Å²) in [6.07, 6.45) is 5.73. The Bertz CT molecular complexity index is 581. The highest BCUT2D eigenvalue weighted by atomic mass is 16.5. The molecule has 0 bridgehead atoms. The zero-order valence-electron chi connectivity index (χ0n) is 17.0. The summed E-state index contributed by atoms with van der Waals surface area (Å²) in [7, 11) is 0. The molecule has 1 saturated carbocycles. The van der Waals surface area contributed by atoms with Gasteiger partial charge in [0.05, 0.1) is 24.1 Å². The molecule has 140 valence electrons. The second kappa shape index (κ2) is 7.47. The molecule has 0 aromatic heterocycles. The van der Waals surface area contributed by atoms with E-state index in [0.29, 0.717) is 24.2 Å². The number of hydrogen-bond acceptors (Lipinski definition) is 3. The Kier molecular flexibility index (Phi) is 5.50. The third kappa shape index (κ3) is 3.47. The molecule has 3 heteroatoms. The molecule has 1 aliphatic heterocycles. The molecule has 0 amide bonds. The fourth-order valence-corrected chi connectivity index (χ4v) is 4.33. The molecule has 1 aliphatic carbocycles. The number of ether oxygens (including phenoxy) is 1. The van der Waals surface area contributed by atoms with E-state index in [0.717, 1.165) is 24.7 Å². The molecule has 0 saturated heterocycles. The minimum atomic E-state index is 0.412. The molecule has 3 rings (SSSR count). The summed E-state index contributed by atoms with van der Waals surface area (Å²) >= 11 is 0. The van der Waals surface area contributed by atoms with Gasteiger partial charge in [0.25, 0.3) is 0 Å². The Balaban J connectivity index is 1.88. The van der Waals surface area contributed by atoms with Gasteiger partial charge in [0, 0.05) is 18.2 Å². The molecule has 1 fully saturated rings. The lowest BCUT2D eigenvalue weighted by atomic mass is 9.79. The number of rotatable bonds is 7. The van der Waals surface area contributed by atoms with Gasteiger partial charge >= 0.3 is 0 Å². The first kappa shape index (κ1) is 18.4. The Labute approximate surface area is 154 Å². The van der Waals surface area contributed by atoms with Crippen LogP contribution in [0.5, 0.6) is 5.75 Å². The summed E-state index contributed by atoms with van der Waals surface area (Å²) in [5, 5.41) is 0. The second-order valence-corrected chi connectivity index (χ2v) is 8.45. The highest BCUT2D eigenvalue weighted by Crippen LogP contribution is 2.46. The number of fused-ring (bicyclic) bond motifs is 1. The molecule has 1 heterocycles. The van der Waals surface area contributed by atoms with Gasteiger partial charge in [-0.1, -0.05) is 26.7 Å². The van der Waals surface area contributed by atoms with Gasteiger partial charge in [-0.25, -0.2) is 0 Å². The van der Waals surface area contributed by atoms with E-state index in [1.807, 2.05) is 0 Å².